The molecule has 2 heteroatoms. The molecule has 0 aliphatic heterocycles. The molecule has 2 nitrogen and oxygen atoms in total. The minimum atomic E-state index is -0.464. The first-order valence-corrected chi connectivity index (χ1v) is 6.63. The highest BCUT2D eigenvalue weighted by Gasteiger charge is 2.27. The zero-order valence-electron chi connectivity index (χ0n) is 11.9. The maximum atomic E-state index is 12.4. The van der Waals surface area contributed by atoms with Crippen molar-refractivity contribution in [2.45, 2.75) is 33.3 Å². The lowest BCUT2D eigenvalue weighted by molar-refractivity contribution is -0.0220. The van der Waals surface area contributed by atoms with Crippen LogP contribution < -0.4 is 0 Å². The fourth-order valence-corrected chi connectivity index (χ4v) is 1.82. The molecule has 0 unspecified atom stereocenters. The summed E-state index contributed by atoms with van der Waals surface area (Å²) in [4.78, 5) is 12.4. The van der Waals surface area contributed by atoms with Gasteiger partial charge in [-0.05, 0) is 36.6 Å². The second kappa shape index (κ2) is 5.04. The van der Waals surface area contributed by atoms with Gasteiger partial charge in [0.1, 0.15) is 5.60 Å². The molecule has 0 aromatic heterocycles. The van der Waals surface area contributed by atoms with Gasteiger partial charge >= 0.3 is 5.97 Å². The number of carbonyl (C=O) groups is 1. The van der Waals surface area contributed by atoms with E-state index in [9.17, 15) is 4.79 Å². The van der Waals surface area contributed by atoms with Gasteiger partial charge in [-0.1, -0.05) is 50.2 Å². The van der Waals surface area contributed by atoms with Gasteiger partial charge in [-0.3, -0.25) is 0 Å². The van der Waals surface area contributed by atoms with Gasteiger partial charge in [0.25, 0.3) is 0 Å². The van der Waals surface area contributed by atoms with E-state index < -0.39 is 5.60 Å². The third-order valence-electron chi connectivity index (χ3n) is 3.76. The Morgan fingerprint density at radius 2 is 1.68 bits per heavy atom. The molecule has 0 N–H and O–H groups in total. The molecule has 0 aliphatic carbocycles. The van der Waals surface area contributed by atoms with E-state index in [1.165, 1.54) is 0 Å². The van der Waals surface area contributed by atoms with Crippen LogP contribution in [0.2, 0.25) is 0 Å². The van der Waals surface area contributed by atoms with E-state index in [4.69, 9.17) is 4.74 Å². The highest BCUT2D eigenvalue weighted by atomic mass is 16.6. The van der Waals surface area contributed by atoms with E-state index in [1.807, 2.05) is 56.3 Å². The number of rotatable bonds is 3. The molecule has 0 atom stereocenters. The molecular weight excluding hydrogens is 236 g/mol. The highest BCUT2D eigenvalue weighted by molar-refractivity contribution is 6.04. The molecule has 0 heterocycles. The summed E-state index contributed by atoms with van der Waals surface area (Å²) in [7, 11) is 0. The lowest BCUT2D eigenvalue weighted by Crippen LogP contribution is -2.33. The molecule has 100 valence electrons. The minimum absolute atomic E-state index is 0.254. The number of esters is 1. The smallest absolute Gasteiger partial charge is 0.339 e. The molecule has 0 spiro atoms. The van der Waals surface area contributed by atoms with E-state index >= 15 is 0 Å². The Morgan fingerprint density at radius 3 is 2.37 bits per heavy atom. The molecule has 0 bridgehead atoms. The monoisotopic (exact) mass is 256 g/mol. The Balaban J connectivity index is 2.37. The Labute approximate surface area is 114 Å². The van der Waals surface area contributed by atoms with Gasteiger partial charge in [0.05, 0.1) is 5.56 Å². The molecule has 19 heavy (non-hydrogen) atoms. The second-order valence-electron chi connectivity index (χ2n) is 5.67. The van der Waals surface area contributed by atoms with Gasteiger partial charge in [-0.15, -0.1) is 0 Å². The van der Waals surface area contributed by atoms with E-state index in [1.54, 1.807) is 0 Å². The van der Waals surface area contributed by atoms with Crippen molar-refractivity contribution >= 4 is 16.7 Å². The zero-order chi connectivity index (χ0) is 14.0. The normalized spacial score (nSPS) is 11.8. The topological polar surface area (TPSA) is 26.3 Å². The van der Waals surface area contributed by atoms with Crippen molar-refractivity contribution in [3.63, 3.8) is 0 Å². The average molecular weight is 256 g/mol. The lowest BCUT2D eigenvalue weighted by atomic mass is 9.94. The van der Waals surface area contributed by atoms with Gasteiger partial charge < -0.3 is 4.74 Å². The molecule has 2 aromatic rings. The second-order valence-corrected chi connectivity index (χ2v) is 5.67. The van der Waals surface area contributed by atoms with Crippen molar-refractivity contribution in [1.82, 2.24) is 0 Å². The largest absolute Gasteiger partial charge is 0.456 e. The molecule has 0 fully saturated rings. The van der Waals surface area contributed by atoms with Crippen LogP contribution in [0.1, 0.15) is 38.1 Å². The predicted octanol–water partition coefficient (Wildman–Crippen LogP) is 4.43. The number of hydrogen-bond donors (Lipinski definition) is 0. The van der Waals surface area contributed by atoms with Crippen LogP contribution in [0.25, 0.3) is 10.8 Å². The lowest BCUT2D eigenvalue weighted by Gasteiger charge is -2.29. The molecule has 0 radical (unpaired) electrons. The summed E-state index contributed by atoms with van der Waals surface area (Å²) in [6.45, 7) is 7.99. The van der Waals surface area contributed by atoms with Crippen LogP contribution in [0.5, 0.6) is 0 Å². The summed E-state index contributed by atoms with van der Waals surface area (Å²) in [6.07, 6.45) is 0. The van der Waals surface area contributed by atoms with Gasteiger partial charge in [0, 0.05) is 0 Å². The fraction of sp³-hybridized carbons (Fsp3) is 0.353. The number of hydrogen-bond acceptors (Lipinski definition) is 2. The van der Waals surface area contributed by atoms with Crippen LogP contribution in [0.4, 0.5) is 0 Å². The Morgan fingerprint density at radius 1 is 1.05 bits per heavy atom. The summed E-state index contributed by atoms with van der Waals surface area (Å²) in [5.41, 5.74) is 0.167. The number of carbonyl (C=O) groups excluding carboxylic acids is 1. The maximum Gasteiger partial charge on any atom is 0.339 e. The van der Waals surface area contributed by atoms with Crippen molar-refractivity contribution in [1.29, 1.82) is 0 Å². The van der Waals surface area contributed by atoms with Gasteiger partial charge in [0.15, 0.2) is 0 Å². The third-order valence-corrected chi connectivity index (χ3v) is 3.76. The molecule has 0 aliphatic rings. The van der Waals surface area contributed by atoms with Crippen LogP contribution in [-0.2, 0) is 4.74 Å². The Bertz CT molecular complexity index is 592. The summed E-state index contributed by atoms with van der Waals surface area (Å²) in [5, 5.41) is 1.99. The number of fused-ring (bicyclic) bond motifs is 1. The van der Waals surface area contributed by atoms with E-state index in [2.05, 4.69) is 13.8 Å². The summed E-state index contributed by atoms with van der Waals surface area (Å²) < 4.78 is 5.65. The Hall–Kier alpha value is -1.83. The van der Waals surface area contributed by atoms with E-state index in [0.717, 1.165) is 10.8 Å². The molecule has 0 saturated heterocycles. The molecule has 0 saturated carbocycles. The predicted molar refractivity (Wildman–Crippen MR) is 78.3 cm³/mol. The van der Waals surface area contributed by atoms with E-state index in [-0.39, 0.29) is 11.9 Å². The minimum Gasteiger partial charge on any atom is -0.456 e. The Kier molecular flexibility index (Phi) is 3.61. The summed E-state index contributed by atoms with van der Waals surface area (Å²) in [5.74, 6) is 0.0157. The molecule has 2 aromatic carbocycles. The first kappa shape index (κ1) is 13.6. The quantitative estimate of drug-likeness (QED) is 0.759. The van der Waals surface area contributed by atoms with Crippen LogP contribution >= 0.6 is 0 Å². The maximum absolute atomic E-state index is 12.4. The van der Waals surface area contributed by atoms with Crippen molar-refractivity contribution in [3.8, 4) is 0 Å². The summed E-state index contributed by atoms with van der Waals surface area (Å²) in [6, 6.07) is 13.6. The van der Waals surface area contributed by atoms with Crippen molar-refractivity contribution in [2.24, 2.45) is 5.92 Å². The van der Waals surface area contributed by atoms with Gasteiger partial charge in [-0.2, -0.15) is 0 Å². The zero-order valence-corrected chi connectivity index (χ0v) is 11.9. The number of ether oxygens (including phenoxy) is 1. The van der Waals surface area contributed by atoms with Crippen molar-refractivity contribution in [3.05, 3.63) is 48.0 Å². The number of benzene rings is 2. The molecule has 0 amide bonds. The molecule has 2 rings (SSSR count). The van der Waals surface area contributed by atoms with Crippen LogP contribution in [-0.4, -0.2) is 11.6 Å². The first-order chi connectivity index (χ1) is 8.92. The standard InChI is InChI=1S/C17H20O2/c1-12(2)17(3,4)19-16(18)15-11-7-9-13-8-5-6-10-14(13)15/h5-12H,1-4H3. The van der Waals surface area contributed by atoms with E-state index in [0.29, 0.717) is 5.56 Å². The average Bonchev–Trinajstić information content (AvgIpc) is 2.37. The van der Waals surface area contributed by atoms with Crippen LogP contribution in [0.15, 0.2) is 42.5 Å². The third kappa shape index (κ3) is 2.78. The van der Waals surface area contributed by atoms with Crippen molar-refractivity contribution < 1.29 is 9.53 Å². The first-order valence-electron chi connectivity index (χ1n) is 6.63. The van der Waals surface area contributed by atoms with Gasteiger partial charge in [0.2, 0.25) is 0 Å². The fourth-order valence-electron chi connectivity index (χ4n) is 1.82. The molecular formula is C17H20O2. The SMILES string of the molecule is CC(C)C(C)(C)OC(=O)c1cccc2ccccc12. The summed E-state index contributed by atoms with van der Waals surface area (Å²) >= 11 is 0. The van der Waals surface area contributed by atoms with Crippen LogP contribution in [0, 0.1) is 5.92 Å². The highest BCUT2D eigenvalue weighted by Crippen LogP contribution is 2.25. The van der Waals surface area contributed by atoms with Gasteiger partial charge in [-0.25, -0.2) is 4.79 Å². The van der Waals surface area contributed by atoms with Crippen LogP contribution in [0.3, 0.4) is 0 Å². The van der Waals surface area contributed by atoms with Crippen molar-refractivity contribution in [2.75, 3.05) is 0 Å².